The van der Waals surface area contributed by atoms with E-state index in [1.54, 1.807) is 0 Å². The summed E-state index contributed by atoms with van der Waals surface area (Å²) in [6.45, 7) is 5.98. The number of nitrogens with one attached hydrogen (secondary N) is 1. The molecule has 0 bridgehead atoms. The van der Waals surface area contributed by atoms with E-state index in [-0.39, 0.29) is 18.1 Å². The number of aromatic nitrogens is 3. The number of thiophene rings is 1. The number of hydrogen-bond donors (Lipinski definition) is 2. The maximum absolute atomic E-state index is 11.9. The number of hydrogen-bond acceptors (Lipinski definition) is 5. The topological polar surface area (TPSA) is 103 Å². The maximum Gasteiger partial charge on any atom is 0.270 e. The minimum atomic E-state index is -0.669. The Morgan fingerprint density at radius 2 is 2.05 bits per heavy atom. The molecule has 0 spiro atoms. The van der Waals surface area contributed by atoms with Crippen LogP contribution in [-0.4, -0.2) is 26.8 Å². The minimum absolute atomic E-state index is 0.0181. The summed E-state index contributed by atoms with van der Waals surface area (Å²) >= 11 is 1.54. The maximum atomic E-state index is 11.9. The molecule has 7 nitrogen and oxygen atoms in total. The molecular weight excluding hydrogens is 278 g/mol. The molecule has 20 heavy (non-hydrogen) atoms. The fraction of sp³-hybridized carbons (Fsp3) is 0.333. The van der Waals surface area contributed by atoms with Crippen LogP contribution in [0.2, 0.25) is 0 Å². The van der Waals surface area contributed by atoms with Gasteiger partial charge in [-0.3, -0.25) is 9.59 Å². The SMILES string of the molecule is Cc1sc(NC(=O)Cn2cc(C(N)=O)nn2)c(C)c1C. The Labute approximate surface area is 119 Å². The van der Waals surface area contributed by atoms with Crippen molar-refractivity contribution in [3.8, 4) is 0 Å². The van der Waals surface area contributed by atoms with Crippen LogP contribution in [0.3, 0.4) is 0 Å². The highest BCUT2D eigenvalue weighted by molar-refractivity contribution is 7.16. The third-order valence-corrected chi connectivity index (χ3v) is 4.26. The van der Waals surface area contributed by atoms with Gasteiger partial charge in [-0.25, -0.2) is 4.68 Å². The first-order valence-electron chi connectivity index (χ1n) is 5.95. The molecule has 0 aliphatic rings. The first kappa shape index (κ1) is 14.2. The molecular formula is C12H15N5O2S. The third-order valence-electron chi connectivity index (χ3n) is 3.04. The summed E-state index contributed by atoms with van der Waals surface area (Å²) in [4.78, 5) is 24.0. The van der Waals surface area contributed by atoms with Crippen molar-refractivity contribution < 1.29 is 9.59 Å². The molecule has 0 unspecified atom stereocenters. The van der Waals surface area contributed by atoms with Crippen molar-refractivity contribution in [2.45, 2.75) is 27.3 Å². The van der Waals surface area contributed by atoms with Gasteiger partial charge in [0.15, 0.2) is 5.69 Å². The van der Waals surface area contributed by atoms with Crippen molar-refractivity contribution in [1.29, 1.82) is 0 Å². The summed E-state index contributed by atoms with van der Waals surface area (Å²) < 4.78 is 1.28. The lowest BCUT2D eigenvalue weighted by Crippen LogP contribution is -2.19. The predicted octanol–water partition coefficient (Wildman–Crippen LogP) is 1.00. The van der Waals surface area contributed by atoms with Gasteiger partial charge in [0.25, 0.3) is 5.91 Å². The Bertz CT molecular complexity index is 673. The van der Waals surface area contributed by atoms with Crippen molar-refractivity contribution in [1.82, 2.24) is 15.0 Å². The average molecular weight is 293 g/mol. The average Bonchev–Trinajstić information content (AvgIpc) is 2.92. The summed E-state index contributed by atoms with van der Waals surface area (Å²) in [6.07, 6.45) is 1.35. The van der Waals surface area contributed by atoms with E-state index in [0.29, 0.717) is 0 Å². The fourth-order valence-corrected chi connectivity index (χ4v) is 2.75. The van der Waals surface area contributed by atoms with E-state index in [1.165, 1.54) is 32.7 Å². The second-order valence-corrected chi connectivity index (χ2v) is 5.68. The Kier molecular flexibility index (Phi) is 3.84. The largest absolute Gasteiger partial charge is 0.364 e. The number of carbonyl (C=O) groups excluding carboxylic acids is 2. The van der Waals surface area contributed by atoms with E-state index >= 15 is 0 Å². The Hall–Kier alpha value is -2.22. The standard InChI is InChI=1S/C12H15N5O2S/c1-6-7(2)12(20-8(6)3)14-10(18)5-17-4-9(11(13)19)15-16-17/h4H,5H2,1-3H3,(H2,13,19)(H,14,18). The highest BCUT2D eigenvalue weighted by Crippen LogP contribution is 2.31. The van der Waals surface area contributed by atoms with E-state index in [4.69, 9.17) is 5.73 Å². The van der Waals surface area contributed by atoms with Crippen LogP contribution < -0.4 is 11.1 Å². The summed E-state index contributed by atoms with van der Waals surface area (Å²) in [6, 6.07) is 0. The third kappa shape index (κ3) is 2.85. The molecule has 2 rings (SSSR count). The number of carbonyl (C=O) groups is 2. The van der Waals surface area contributed by atoms with Gasteiger partial charge in [0.1, 0.15) is 6.54 Å². The van der Waals surface area contributed by atoms with Crippen molar-refractivity contribution in [3.63, 3.8) is 0 Å². The second kappa shape index (κ2) is 5.41. The molecule has 2 amide bonds. The van der Waals surface area contributed by atoms with E-state index in [9.17, 15) is 9.59 Å². The Morgan fingerprint density at radius 3 is 2.55 bits per heavy atom. The normalized spacial score (nSPS) is 10.6. The molecule has 0 saturated heterocycles. The van der Waals surface area contributed by atoms with Crippen LogP contribution in [0.5, 0.6) is 0 Å². The monoisotopic (exact) mass is 293 g/mol. The molecule has 0 aliphatic carbocycles. The van der Waals surface area contributed by atoms with E-state index in [2.05, 4.69) is 15.6 Å². The predicted molar refractivity (Wildman–Crippen MR) is 75.7 cm³/mol. The highest BCUT2D eigenvalue weighted by Gasteiger charge is 2.13. The zero-order chi connectivity index (χ0) is 14.9. The second-order valence-electron chi connectivity index (χ2n) is 4.45. The lowest BCUT2D eigenvalue weighted by Gasteiger charge is -2.03. The number of aryl methyl sites for hydroxylation is 1. The lowest BCUT2D eigenvalue weighted by atomic mass is 10.2. The van der Waals surface area contributed by atoms with Gasteiger partial charge < -0.3 is 11.1 Å². The number of amides is 2. The molecule has 106 valence electrons. The van der Waals surface area contributed by atoms with Gasteiger partial charge in [0.2, 0.25) is 5.91 Å². The summed E-state index contributed by atoms with van der Waals surface area (Å²) in [7, 11) is 0. The molecule has 8 heteroatoms. The molecule has 0 aliphatic heterocycles. The molecule has 3 N–H and O–H groups in total. The van der Waals surface area contributed by atoms with Gasteiger partial charge >= 0.3 is 0 Å². The smallest absolute Gasteiger partial charge is 0.270 e. The molecule has 0 radical (unpaired) electrons. The number of nitrogens with two attached hydrogens (primary N) is 1. The van der Waals surface area contributed by atoms with Crippen LogP contribution in [0.1, 0.15) is 26.5 Å². The van der Waals surface area contributed by atoms with Crippen LogP contribution in [0.25, 0.3) is 0 Å². The van der Waals surface area contributed by atoms with Gasteiger partial charge in [0, 0.05) is 4.88 Å². The van der Waals surface area contributed by atoms with Gasteiger partial charge in [-0.2, -0.15) is 0 Å². The first-order chi connectivity index (χ1) is 9.38. The van der Waals surface area contributed by atoms with E-state index in [0.717, 1.165) is 10.6 Å². The van der Waals surface area contributed by atoms with Crippen LogP contribution in [0, 0.1) is 20.8 Å². The van der Waals surface area contributed by atoms with Crippen molar-refractivity contribution >= 4 is 28.2 Å². The highest BCUT2D eigenvalue weighted by atomic mass is 32.1. The molecule has 0 saturated carbocycles. The number of anilines is 1. The van der Waals surface area contributed by atoms with E-state index in [1.807, 2.05) is 20.8 Å². The molecule has 0 fully saturated rings. The quantitative estimate of drug-likeness (QED) is 0.877. The zero-order valence-electron chi connectivity index (χ0n) is 11.4. The minimum Gasteiger partial charge on any atom is -0.364 e. The van der Waals surface area contributed by atoms with Gasteiger partial charge in [-0.05, 0) is 31.9 Å². The summed E-state index contributed by atoms with van der Waals surface area (Å²) in [5.41, 5.74) is 7.36. The molecule has 2 aromatic heterocycles. The van der Waals surface area contributed by atoms with Crippen LogP contribution in [-0.2, 0) is 11.3 Å². The van der Waals surface area contributed by atoms with Crippen LogP contribution >= 0.6 is 11.3 Å². The number of primary amides is 1. The molecule has 0 aromatic carbocycles. The molecule has 2 heterocycles. The summed E-state index contributed by atoms with van der Waals surface area (Å²) in [5, 5.41) is 10.9. The Balaban J connectivity index is 2.05. The van der Waals surface area contributed by atoms with Crippen molar-refractivity contribution in [2.24, 2.45) is 5.73 Å². The Morgan fingerprint density at radius 1 is 1.35 bits per heavy atom. The summed E-state index contributed by atoms with van der Waals surface area (Å²) in [5.74, 6) is -0.896. The van der Waals surface area contributed by atoms with Gasteiger partial charge in [0.05, 0.1) is 11.2 Å². The molecule has 0 atom stereocenters. The first-order valence-corrected chi connectivity index (χ1v) is 6.76. The van der Waals surface area contributed by atoms with Crippen LogP contribution in [0.15, 0.2) is 6.20 Å². The number of nitrogens with zero attached hydrogens (tertiary/aromatic N) is 3. The number of rotatable bonds is 4. The zero-order valence-corrected chi connectivity index (χ0v) is 12.2. The van der Waals surface area contributed by atoms with Gasteiger partial charge in [-0.1, -0.05) is 5.21 Å². The van der Waals surface area contributed by atoms with Crippen molar-refractivity contribution in [3.05, 3.63) is 27.9 Å². The lowest BCUT2D eigenvalue weighted by molar-refractivity contribution is -0.116. The van der Waals surface area contributed by atoms with E-state index < -0.39 is 5.91 Å². The van der Waals surface area contributed by atoms with Crippen LogP contribution in [0.4, 0.5) is 5.00 Å². The fourth-order valence-electron chi connectivity index (χ4n) is 1.66. The van der Waals surface area contributed by atoms with Crippen molar-refractivity contribution in [2.75, 3.05) is 5.32 Å². The molecule has 2 aromatic rings. The van der Waals surface area contributed by atoms with Gasteiger partial charge in [-0.15, -0.1) is 16.4 Å².